The van der Waals surface area contributed by atoms with Gasteiger partial charge in [-0.3, -0.25) is 10.1 Å². The van der Waals surface area contributed by atoms with Gasteiger partial charge in [0.2, 0.25) is 0 Å². The van der Waals surface area contributed by atoms with E-state index in [1.165, 1.54) is 7.11 Å². The van der Waals surface area contributed by atoms with Crippen LogP contribution in [0.5, 0.6) is 0 Å². The van der Waals surface area contributed by atoms with Crippen molar-refractivity contribution in [2.45, 2.75) is 25.4 Å². The summed E-state index contributed by atoms with van der Waals surface area (Å²) >= 11 is 0. The third-order valence-electron chi connectivity index (χ3n) is 1.80. The summed E-state index contributed by atoms with van der Waals surface area (Å²) in [6, 6.07) is -0.321. The average molecular weight is 210 g/mol. The maximum Gasteiger partial charge on any atom is 0.325 e. The molecular weight excluding hydrogens is 194 g/mol. The summed E-state index contributed by atoms with van der Waals surface area (Å²) in [5.74, 6) is -0.261. The molecule has 78 valence electrons. The fourth-order valence-corrected chi connectivity index (χ4v) is 1.26. The minimum atomic E-state index is -0.321. The van der Waals surface area contributed by atoms with Gasteiger partial charge in [0.1, 0.15) is 6.04 Å². The summed E-state index contributed by atoms with van der Waals surface area (Å²) in [7, 11) is 1.38. The fourth-order valence-electron chi connectivity index (χ4n) is 1.26. The zero-order valence-corrected chi connectivity index (χ0v) is 8.94. The van der Waals surface area contributed by atoms with Gasteiger partial charge in [-0.25, -0.2) is 0 Å². The number of hydrogen-bond acceptors (Lipinski definition) is 4. The number of carbonyl (C=O) groups is 1. The molecule has 0 aromatic rings. The van der Waals surface area contributed by atoms with Crippen molar-refractivity contribution >= 4 is 18.4 Å². The number of rotatable bonds is 1. The van der Waals surface area contributed by atoms with Crippen LogP contribution in [0.25, 0.3) is 0 Å². The predicted octanol–water partition coefficient (Wildman–Crippen LogP) is 0.348. The summed E-state index contributed by atoms with van der Waals surface area (Å²) in [5, 5.41) is 3.14. The molecule has 1 saturated heterocycles. The second-order valence-corrected chi connectivity index (χ2v) is 3.62. The number of hydrogen-bond donors (Lipinski definition) is 1. The average Bonchev–Trinajstić information content (AvgIpc) is 2.01. The first-order valence-corrected chi connectivity index (χ1v) is 3.98. The first kappa shape index (κ1) is 12.7. The lowest BCUT2D eigenvalue weighted by Gasteiger charge is -2.35. The van der Waals surface area contributed by atoms with Gasteiger partial charge in [0.15, 0.2) is 0 Å². The number of halogens is 1. The van der Waals surface area contributed by atoms with E-state index in [1.807, 2.05) is 13.8 Å². The molecule has 1 atom stereocenters. The summed E-state index contributed by atoms with van der Waals surface area (Å²) in [5.41, 5.74) is -0.142. The van der Waals surface area contributed by atoms with Crippen LogP contribution in [0.3, 0.4) is 0 Å². The number of carbonyl (C=O) groups excluding carboxylic acids is 1. The molecule has 1 aliphatic rings. The van der Waals surface area contributed by atoms with E-state index in [-0.39, 0.29) is 30.0 Å². The summed E-state index contributed by atoms with van der Waals surface area (Å²) in [6.07, 6.45) is 0. The molecule has 1 heterocycles. The molecule has 4 nitrogen and oxygen atoms in total. The lowest BCUT2D eigenvalue weighted by Crippen LogP contribution is -2.58. The third-order valence-corrected chi connectivity index (χ3v) is 1.80. The number of nitrogens with one attached hydrogen (secondary N) is 1. The number of ether oxygens (including phenoxy) is 2. The zero-order chi connectivity index (χ0) is 9.19. The van der Waals surface area contributed by atoms with Crippen LogP contribution in [-0.2, 0) is 14.3 Å². The maximum atomic E-state index is 11.1. The van der Waals surface area contributed by atoms with E-state index in [9.17, 15) is 4.79 Å². The van der Waals surface area contributed by atoms with Crippen molar-refractivity contribution in [2.24, 2.45) is 0 Å². The first-order chi connectivity index (χ1) is 5.55. The minimum absolute atomic E-state index is 0. The molecule has 0 saturated carbocycles. The molecule has 1 rings (SSSR count). The van der Waals surface area contributed by atoms with Crippen molar-refractivity contribution < 1.29 is 14.3 Å². The normalized spacial score (nSPS) is 25.9. The molecule has 0 amide bonds. The highest BCUT2D eigenvalue weighted by Gasteiger charge is 2.32. The molecule has 1 unspecified atom stereocenters. The van der Waals surface area contributed by atoms with Gasteiger partial charge in [-0.05, 0) is 13.8 Å². The number of morpholine rings is 1. The second kappa shape index (κ2) is 4.79. The Morgan fingerprint density at radius 2 is 2.23 bits per heavy atom. The lowest BCUT2D eigenvalue weighted by molar-refractivity contribution is -0.148. The van der Waals surface area contributed by atoms with Gasteiger partial charge in [-0.1, -0.05) is 0 Å². The number of methoxy groups -OCH3 is 1. The topological polar surface area (TPSA) is 47.6 Å². The minimum Gasteiger partial charge on any atom is -0.468 e. The molecule has 0 spiro atoms. The Labute approximate surface area is 84.4 Å². The molecular formula is C8H16ClNO3. The van der Waals surface area contributed by atoms with Crippen LogP contribution < -0.4 is 5.32 Å². The van der Waals surface area contributed by atoms with Gasteiger partial charge in [-0.15, -0.1) is 12.4 Å². The Balaban J connectivity index is 0.00000144. The summed E-state index contributed by atoms with van der Waals surface area (Å²) in [6.45, 7) is 5.00. The van der Waals surface area contributed by atoms with Crippen molar-refractivity contribution in [3.8, 4) is 0 Å². The van der Waals surface area contributed by atoms with Crippen molar-refractivity contribution in [3.05, 3.63) is 0 Å². The van der Waals surface area contributed by atoms with Crippen LogP contribution in [-0.4, -0.2) is 37.9 Å². The van der Waals surface area contributed by atoms with Crippen molar-refractivity contribution in [1.82, 2.24) is 5.32 Å². The summed E-state index contributed by atoms with van der Waals surface area (Å²) < 4.78 is 9.86. The van der Waals surface area contributed by atoms with Crippen molar-refractivity contribution in [2.75, 3.05) is 20.3 Å². The van der Waals surface area contributed by atoms with Gasteiger partial charge in [0.05, 0.1) is 20.3 Å². The quantitative estimate of drug-likeness (QED) is 0.634. The lowest BCUT2D eigenvalue weighted by atomic mass is 10.0. The molecule has 0 aromatic heterocycles. The third kappa shape index (κ3) is 3.50. The standard InChI is InChI=1S/C8H15NO3.ClH/c1-8(2)5-12-4-6(9-8)7(10)11-3;/h6,9H,4-5H2,1-3H3;1H. The van der Waals surface area contributed by atoms with Crippen LogP contribution in [0.2, 0.25) is 0 Å². The van der Waals surface area contributed by atoms with E-state index in [0.717, 1.165) is 0 Å². The molecule has 0 radical (unpaired) electrons. The summed E-state index contributed by atoms with van der Waals surface area (Å²) in [4.78, 5) is 11.1. The molecule has 13 heavy (non-hydrogen) atoms. The smallest absolute Gasteiger partial charge is 0.325 e. The Hall–Kier alpha value is -0.320. The Morgan fingerprint density at radius 3 is 2.69 bits per heavy atom. The predicted molar refractivity (Wildman–Crippen MR) is 51.1 cm³/mol. The van der Waals surface area contributed by atoms with Crippen LogP contribution in [0, 0.1) is 0 Å². The number of esters is 1. The Morgan fingerprint density at radius 1 is 1.62 bits per heavy atom. The van der Waals surface area contributed by atoms with Crippen molar-refractivity contribution in [1.29, 1.82) is 0 Å². The van der Waals surface area contributed by atoms with Gasteiger partial charge in [-0.2, -0.15) is 0 Å². The van der Waals surface area contributed by atoms with Crippen molar-refractivity contribution in [3.63, 3.8) is 0 Å². The molecule has 5 heteroatoms. The van der Waals surface area contributed by atoms with Gasteiger partial charge < -0.3 is 9.47 Å². The largest absolute Gasteiger partial charge is 0.468 e. The molecule has 0 bridgehead atoms. The Kier molecular flexibility index (Phi) is 4.67. The SMILES string of the molecule is COC(=O)C1COCC(C)(C)N1.Cl. The van der Waals surface area contributed by atoms with E-state index in [0.29, 0.717) is 13.2 Å². The maximum absolute atomic E-state index is 11.1. The van der Waals surface area contributed by atoms with Gasteiger partial charge >= 0.3 is 5.97 Å². The van der Waals surface area contributed by atoms with Crippen LogP contribution in [0.4, 0.5) is 0 Å². The van der Waals surface area contributed by atoms with Crippen LogP contribution in [0.1, 0.15) is 13.8 Å². The van der Waals surface area contributed by atoms with E-state index >= 15 is 0 Å². The molecule has 1 aliphatic heterocycles. The van der Waals surface area contributed by atoms with E-state index < -0.39 is 0 Å². The highest BCUT2D eigenvalue weighted by atomic mass is 35.5. The monoisotopic (exact) mass is 209 g/mol. The van der Waals surface area contributed by atoms with E-state index in [1.54, 1.807) is 0 Å². The first-order valence-electron chi connectivity index (χ1n) is 3.98. The molecule has 0 aromatic carbocycles. The van der Waals surface area contributed by atoms with Crippen LogP contribution in [0.15, 0.2) is 0 Å². The van der Waals surface area contributed by atoms with Crippen LogP contribution >= 0.6 is 12.4 Å². The van der Waals surface area contributed by atoms with Gasteiger partial charge in [0.25, 0.3) is 0 Å². The van der Waals surface area contributed by atoms with E-state index in [4.69, 9.17) is 4.74 Å². The fraction of sp³-hybridized carbons (Fsp3) is 0.875. The van der Waals surface area contributed by atoms with Gasteiger partial charge in [0, 0.05) is 5.54 Å². The second-order valence-electron chi connectivity index (χ2n) is 3.62. The Bertz CT molecular complexity index is 184. The zero-order valence-electron chi connectivity index (χ0n) is 8.12. The highest BCUT2D eigenvalue weighted by Crippen LogP contribution is 2.10. The van der Waals surface area contributed by atoms with E-state index in [2.05, 4.69) is 10.1 Å². The molecule has 1 N–H and O–H groups in total. The molecule has 1 fully saturated rings. The highest BCUT2D eigenvalue weighted by molar-refractivity contribution is 5.85. The molecule has 0 aliphatic carbocycles.